The number of halogens is 5. The van der Waals surface area contributed by atoms with Crippen LogP contribution >= 0.6 is 11.6 Å². The van der Waals surface area contributed by atoms with Gasteiger partial charge < -0.3 is 10.2 Å². The van der Waals surface area contributed by atoms with Gasteiger partial charge >= 0.3 is 6.18 Å². The fourth-order valence-electron chi connectivity index (χ4n) is 4.83. The van der Waals surface area contributed by atoms with E-state index in [1.165, 1.54) is 6.42 Å². The molecule has 1 saturated carbocycles. The third-order valence-electron chi connectivity index (χ3n) is 6.59. The van der Waals surface area contributed by atoms with Crippen molar-refractivity contribution in [2.75, 3.05) is 11.9 Å². The summed E-state index contributed by atoms with van der Waals surface area (Å²) in [7, 11) is 0. The zero-order chi connectivity index (χ0) is 24.5. The fourth-order valence-corrected chi connectivity index (χ4v) is 5.05. The molecule has 2 aromatic rings. The van der Waals surface area contributed by atoms with Crippen LogP contribution in [0.15, 0.2) is 30.3 Å². The molecule has 0 atom stereocenters. The lowest BCUT2D eigenvalue weighted by Gasteiger charge is -2.34. The first kappa shape index (κ1) is 24.5. The number of alkyl halides is 3. The Hall–Kier alpha value is -2.61. The lowest BCUT2D eigenvalue weighted by molar-refractivity contribution is -0.140. The number of nitrogens with zero attached hydrogens (tertiary/aromatic N) is 1. The molecule has 0 radical (unpaired) electrons. The van der Waals surface area contributed by atoms with E-state index in [1.54, 1.807) is 6.07 Å². The van der Waals surface area contributed by atoms with Gasteiger partial charge in [-0.25, -0.2) is 4.39 Å². The summed E-state index contributed by atoms with van der Waals surface area (Å²) in [6.45, 7) is 0.963. The number of amides is 2. The van der Waals surface area contributed by atoms with E-state index in [1.807, 2.05) is 11.0 Å². The Balaban J connectivity index is 1.46. The second-order valence-corrected chi connectivity index (χ2v) is 9.35. The Morgan fingerprint density at radius 2 is 1.82 bits per heavy atom. The average Bonchev–Trinajstić information content (AvgIpc) is 2.80. The molecule has 182 valence electrons. The summed E-state index contributed by atoms with van der Waals surface area (Å²) in [5.41, 5.74) is 0.918. The number of nitrogens with one attached hydrogen (secondary N) is 1. The highest BCUT2D eigenvalue weighted by molar-refractivity contribution is 6.34. The van der Waals surface area contributed by atoms with Crippen LogP contribution in [0, 0.1) is 11.7 Å². The third kappa shape index (κ3) is 5.37. The van der Waals surface area contributed by atoms with Gasteiger partial charge in [0.25, 0.3) is 0 Å². The molecule has 4 nitrogen and oxygen atoms in total. The van der Waals surface area contributed by atoms with Gasteiger partial charge in [-0.1, -0.05) is 43.0 Å². The molecule has 0 aromatic heterocycles. The van der Waals surface area contributed by atoms with Crippen molar-refractivity contribution >= 4 is 29.1 Å². The third-order valence-corrected chi connectivity index (χ3v) is 6.90. The van der Waals surface area contributed by atoms with Crippen molar-refractivity contribution in [3.8, 4) is 0 Å². The molecule has 4 rings (SSSR count). The summed E-state index contributed by atoms with van der Waals surface area (Å²) in [5, 5.41) is 3.07. The molecule has 1 heterocycles. The topological polar surface area (TPSA) is 49.4 Å². The van der Waals surface area contributed by atoms with E-state index in [0.29, 0.717) is 36.3 Å². The highest BCUT2D eigenvalue weighted by atomic mass is 35.5. The molecule has 0 unspecified atom stereocenters. The van der Waals surface area contributed by atoms with Crippen molar-refractivity contribution in [3.05, 3.63) is 63.4 Å². The molecule has 2 aromatic carbocycles. The molecule has 2 aliphatic rings. The van der Waals surface area contributed by atoms with Gasteiger partial charge in [-0.2, -0.15) is 13.2 Å². The summed E-state index contributed by atoms with van der Waals surface area (Å²) >= 11 is 6.34. The molecule has 2 amide bonds. The van der Waals surface area contributed by atoms with Crippen molar-refractivity contribution in [3.63, 3.8) is 0 Å². The molecule has 9 heteroatoms. The van der Waals surface area contributed by atoms with Gasteiger partial charge in [0.05, 0.1) is 22.7 Å². The summed E-state index contributed by atoms with van der Waals surface area (Å²) in [5.74, 6) is -1.69. The predicted octanol–water partition coefficient (Wildman–Crippen LogP) is 6.14. The zero-order valence-corrected chi connectivity index (χ0v) is 19.2. The molecular formula is C25H25ClF4N2O2. The maximum Gasteiger partial charge on any atom is 0.419 e. The Morgan fingerprint density at radius 1 is 1.09 bits per heavy atom. The van der Waals surface area contributed by atoms with E-state index in [9.17, 15) is 27.2 Å². The maximum atomic E-state index is 13.8. The molecule has 34 heavy (non-hydrogen) atoms. The van der Waals surface area contributed by atoms with Gasteiger partial charge in [0.1, 0.15) is 5.82 Å². The number of fused-ring (bicyclic) bond motifs is 1. The second kappa shape index (κ2) is 9.94. The van der Waals surface area contributed by atoms with Crippen LogP contribution in [0.1, 0.15) is 54.4 Å². The zero-order valence-electron chi connectivity index (χ0n) is 18.5. The first-order chi connectivity index (χ1) is 16.1. The Morgan fingerprint density at radius 3 is 2.50 bits per heavy atom. The maximum absolute atomic E-state index is 13.8. The SMILES string of the molecule is O=C(Cc1ccc(C(F)(F)F)c(F)c1)Nc1c(Cl)ccc2c1CCN(C(=O)C1CCCCC1)C2. The Bertz CT molecular complexity index is 1100. The number of benzene rings is 2. The number of hydrogen-bond acceptors (Lipinski definition) is 2. The minimum absolute atomic E-state index is 0.0749. The Labute approximate surface area is 200 Å². The van der Waals surface area contributed by atoms with E-state index in [-0.39, 0.29) is 23.8 Å². The van der Waals surface area contributed by atoms with E-state index in [0.717, 1.165) is 48.9 Å². The Kier molecular flexibility index (Phi) is 7.17. The molecule has 1 fully saturated rings. The van der Waals surface area contributed by atoms with E-state index < -0.39 is 23.5 Å². The van der Waals surface area contributed by atoms with Crippen LogP contribution in [-0.2, 0) is 35.2 Å². The van der Waals surface area contributed by atoms with Crippen molar-refractivity contribution in [1.82, 2.24) is 4.90 Å². The molecule has 0 saturated heterocycles. The minimum Gasteiger partial charge on any atom is -0.338 e. The van der Waals surface area contributed by atoms with Crippen LogP contribution in [0.3, 0.4) is 0 Å². The summed E-state index contributed by atoms with van der Waals surface area (Å²) in [6, 6.07) is 5.94. The van der Waals surface area contributed by atoms with E-state index in [2.05, 4.69) is 5.32 Å². The number of hydrogen-bond donors (Lipinski definition) is 1. The lowest BCUT2D eigenvalue weighted by atomic mass is 9.87. The number of carbonyl (C=O) groups excluding carboxylic acids is 2. The highest BCUT2D eigenvalue weighted by Crippen LogP contribution is 2.35. The van der Waals surface area contributed by atoms with Gasteiger partial charge in [-0.15, -0.1) is 0 Å². The van der Waals surface area contributed by atoms with Crippen molar-refractivity contribution in [1.29, 1.82) is 0 Å². The molecule has 1 aliphatic carbocycles. The van der Waals surface area contributed by atoms with Crippen LogP contribution < -0.4 is 5.32 Å². The van der Waals surface area contributed by atoms with Crippen LogP contribution in [0.4, 0.5) is 23.2 Å². The quantitative estimate of drug-likeness (QED) is 0.516. The summed E-state index contributed by atoms with van der Waals surface area (Å²) < 4.78 is 52.1. The summed E-state index contributed by atoms with van der Waals surface area (Å²) in [6.07, 6.45) is 0.607. The van der Waals surface area contributed by atoms with Gasteiger partial charge in [0.15, 0.2) is 0 Å². The van der Waals surface area contributed by atoms with Gasteiger partial charge in [-0.05, 0) is 54.2 Å². The van der Waals surface area contributed by atoms with E-state index in [4.69, 9.17) is 11.6 Å². The number of rotatable bonds is 4. The number of anilines is 1. The second-order valence-electron chi connectivity index (χ2n) is 8.94. The first-order valence-electron chi connectivity index (χ1n) is 11.4. The minimum atomic E-state index is -4.80. The predicted molar refractivity (Wildman–Crippen MR) is 121 cm³/mol. The molecule has 0 bridgehead atoms. The monoisotopic (exact) mass is 496 g/mol. The largest absolute Gasteiger partial charge is 0.419 e. The standard InChI is InChI=1S/C25H25ClF4N2O2/c26-20-9-7-17-14-32(24(34)16-4-2-1-3-5-16)11-10-18(17)23(20)31-22(33)13-15-6-8-19(21(27)12-15)25(28,29)30/h6-9,12,16H,1-5,10-11,13-14H2,(H,31,33). The van der Waals surface area contributed by atoms with Crippen LogP contribution in [0.2, 0.25) is 5.02 Å². The average molecular weight is 497 g/mol. The lowest BCUT2D eigenvalue weighted by Crippen LogP contribution is -2.40. The van der Waals surface area contributed by atoms with Gasteiger partial charge in [-0.3, -0.25) is 9.59 Å². The van der Waals surface area contributed by atoms with Crippen molar-refractivity contribution in [2.24, 2.45) is 5.92 Å². The molecular weight excluding hydrogens is 472 g/mol. The molecule has 0 spiro atoms. The normalized spacial score (nSPS) is 16.8. The summed E-state index contributed by atoms with van der Waals surface area (Å²) in [4.78, 5) is 27.4. The fraction of sp³-hybridized carbons (Fsp3) is 0.440. The van der Waals surface area contributed by atoms with Crippen LogP contribution in [0.5, 0.6) is 0 Å². The highest BCUT2D eigenvalue weighted by Gasteiger charge is 2.34. The van der Waals surface area contributed by atoms with Crippen LogP contribution in [0.25, 0.3) is 0 Å². The molecule has 1 aliphatic heterocycles. The van der Waals surface area contributed by atoms with Crippen molar-refractivity contribution < 1.29 is 27.2 Å². The molecule has 1 N–H and O–H groups in total. The smallest absolute Gasteiger partial charge is 0.338 e. The van der Waals surface area contributed by atoms with Crippen molar-refractivity contribution in [2.45, 2.75) is 57.7 Å². The van der Waals surface area contributed by atoms with E-state index >= 15 is 0 Å². The van der Waals surface area contributed by atoms with Crippen LogP contribution in [-0.4, -0.2) is 23.3 Å². The van der Waals surface area contributed by atoms with Gasteiger partial charge in [0, 0.05) is 19.0 Å². The number of carbonyl (C=O) groups is 2. The van der Waals surface area contributed by atoms with Gasteiger partial charge in [0.2, 0.25) is 11.8 Å². The first-order valence-corrected chi connectivity index (χ1v) is 11.8.